The molecule has 2 aromatic rings. The van der Waals surface area contributed by atoms with Crippen LogP contribution in [0.25, 0.3) is 0 Å². The summed E-state index contributed by atoms with van der Waals surface area (Å²) in [5, 5.41) is 6.82. The minimum absolute atomic E-state index is 0.0145. The number of fused-ring (bicyclic) bond motifs is 2. The first-order valence-corrected chi connectivity index (χ1v) is 7.45. The summed E-state index contributed by atoms with van der Waals surface area (Å²) in [4.78, 5) is 14.3. The van der Waals surface area contributed by atoms with Gasteiger partial charge in [0.05, 0.1) is 6.54 Å². The summed E-state index contributed by atoms with van der Waals surface area (Å²) in [6.45, 7) is 0.472. The SMILES string of the molecule is O=C([C@H]1COc2ccccc21)N1CCn2c(nnc2C(F)(F)F)C1. The van der Waals surface area contributed by atoms with Crippen molar-refractivity contribution in [3.8, 4) is 5.75 Å². The highest BCUT2D eigenvalue weighted by Crippen LogP contribution is 2.35. The molecular weight excluding hydrogens is 325 g/mol. The maximum atomic E-state index is 12.9. The fourth-order valence-electron chi connectivity index (χ4n) is 3.14. The zero-order valence-electron chi connectivity index (χ0n) is 12.5. The first-order chi connectivity index (χ1) is 11.4. The lowest BCUT2D eigenvalue weighted by Crippen LogP contribution is -2.42. The summed E-state index contributed by atoms with van der Waals surface area (Å²) in [6, 6.07) is 7.29. The van der Waals surface area contributed by atoms with Crippen molar-refractivity contribution < 1.29 is 22.7 Å². The van der Waals surface area contributed by atoms with E-state index in [1.54, 1.807) is 6.07 Å². The van der Waals surface area contributed by atoms with E-state index in [4.69, 9.17) is 4.74 Å². The Kier molecular flexibility index (Phi) is 3.26. The molecule has 9 heteroatoms. The van der Waals surface area contributed by atoms with Crippen LogP contribution in [-0.4, -0.2) is 38.7 Å². The van der Waals surface area contributed by atoms with E-state index in [0.717, 1.165) is 10.1 Å². The molecule has 0 saturated carbocycles. The van der Waals surface area contributed by atoms with Gasteiger partial charge in [-0.1, -0.05) is 18.2 Å². The molecule has 0 spiro atoms. The number of halogens is 3. The lowest BCUT2D eigenvalue weighted by atomic mass is 9.99. The minimum atomic E-state index is -4.55. The molecule has 3 heterocycles. The molecule has 0 N–H and O–H groups in total. The predicted molar refractivity (Wildman–Crippen MR) is 75.1 cm³/mol. The molecule has 0 aliphatic carbocycles. The summed E-state index contributed by atoms with van der Waals surface area (Å²) >= 11 is 0. The quantitative estimate of drug-likeness (QED) is 0.796. The first-order valence-electron chi connectivity index (χ1n) is 7.45. The van der Waals surface area contributed by atoms with Crippen LogP contribution in [0.5, 0.6) is 5.75 Å². The molecule has 0 saturated heterocycles. The summed E-state index contributed by atoms with van der Waals surface area (Å²) < 4.78 is 45.1. The van der Waals surface area contributed by atoms with Gasteiger partial charge in [-0.25, -0.2) is 0 Å². The highest BCUT2D eigenvalue weighted by atomic mass is 19.4. The van der Waals surface area contributed by atoms with Crippen LogP contribution in [0.1, 0.15) is 23.1 Å². The molecule has 2 aliphatic rings. The molecule has 4 rings (SSSR count). The van der Waals surface area contributed by atoms with Gasteiger partial charge in [-0.3, -0.25) is 4.79 Å². The van der Waals surface area contributed by atoms with E-state index in [-0.39, 0.29) is 38.0 Å². The number of hydrogen-bond acceptors (Lipinski definition) is 4. The molecule has 0 unspecified atom stereocenters. The summed E-state index contributed by atoms with van der Waals surface area (Å²) in [5.41, 5.74) is 0.811. The first kappa shape index (κ1) is 15.0. The highest BCUT2D eigenvalue weighted by molar-refractivity contribution is 5.85. The van der Waals surface area contributed by atoms with Crippen molar-refractivity contribution in [3.63, 3.8) is 0 Å². The number of ether oxygens (including phenoxy) is 1. The van der Waals surface area contributed by atoms with Crippen LogP contribution in [0.3, 0.4) is 0 Å². The van der Waals surface area contributed by atoms with Crippen LogP contribution in [0.15, 0.2) is 24.3 Å². The highest BCUT2D eigenvalue weighted by Gasteiger charge is 2.41. The predicted octanol–water partition coefficient (Wildman–Crippen LogP) is 1.82. The van der Waals surface area contributed by atoms with Crippen molar-refractivity contribution in [1.82, 2.24) is 19.7 Å². The smallest absolute Gasteiger partial charge is 0.451 e. The van der Waals surface area contributed by atoms with E-state index >= 15 is 0 Å². The number of carbonyl (C=O) groups is 1. The van der Waals surface area contributed by atoms with Gasteiger partial charge in [-0.2, -0.15) is 13.2 Å². The Morgan fingerprint density at radius 1 is 1.21 bits per heavy atom. The Balaban J connectivity index is 1.56. The van der Waals surface area contributed by atoms with E-state index in [1.165, 1.54) is 4.90 Å². The maximum absolute atomic E-state index is 12.9. The fraction of sp³-hybridized carbons (Fsp3) is 0.400. The van der Waals surface area contributed by atoms with Crippen LogP contribution >= 0.6 is 0 Å². The molecule has 0 bridgehead atoms. The molecular formula is C15H13F3N4O2. The molecule has 6 nitrogen and oxygen atoms in total. The van der Waals surface area contributed by atoms with E-state index in [1.807, 2.05) is 18.2 Å². The van der Waals surface area contributed by atoms with Gasteiger partial charge in [0.1, 0.15) is 18.3 Å². The molecule has 24 heavy (non-hydrogen) atoms. The van der Waals surface area contributed by atoms with Gasteiger partial charge >= 0.3 is 6.18 Å². The van der Waals surface area contributed by atoms with E-state index in [2.05, 4.69) is 10.2 Å². The standard InChI is InChI=1S/C15H13F3N4O2/c16-15(17,18)14-20-19-12-7-21(5-6-22(12)14)13(23)10-8-24-11-4-2-1-3-9(10)11/h1-4,10H,5-8H2/t10-/m0/s1. The van der Waals surface area contributed by atoms with Gasteiger partial charge in [0.25, 0.3) is 0 Å². The number of carbonyl (C=O) groups excluding carboxylic acids is 1. The van der Waals surface area contributed by atoms with Crippen molar-refractivity contribution in [3.05, 3.63) is 41.5 Å². The zero-order valence-corrected chi connectivity index (χ0v) is 12.5. The van der Waals surface area contributed by atoms with Crippen molar-refractivity contribution >= 4 is 5.91 Å². The molecule has 1 amide bonds. The molecule has 2 aliphatic heterocycles. The number of rotatable bonds is 1. The van der Waals surface area contributed by atoms with Crippen molar-refractivity contribution in [2.45, 2.75) is 25.2 Å². The lowest BCUT2D eigenvalue weighted by molar-refractivity contribution is -0.148. The van der Waals surface area contributed by atoms with Crippen LogP contribution in [0.2, 0.25) is 0 Å². The minimum Gasteiger partial charge on any atom is -0.492 e. The van der Waals surface area contributed by atoms with Crippen molar-refractivity contribution in [2.75, 3.05) is 13.2 Å². The number of amides is 1. The zero-order chi connectivity index (χ0) is 16.9. The van der Waals surface area contributed by atoms with E-state index in [0.29, 0.717) is 5.75 Å². The van der Waals surface area contributed by atoms with E-state index < -0.39 is 17.9 Å². The number of hydrogen-bond donors (Lipinski definition) is 0. The molecule has 1 aromatic heterocycles. The van der Waals surface area contributed by atoms with E-state index in [9.17, 15) is 18.0 Å². The van der Waals surface area contributed by atoms with Crippen LogP contribution in [0, 0.1) is 0 Å². The summed E-state index contributed by atoms with van der Waals surface area (Å²) in [5.74, 6) is -0.788. The third kappa shape index (κ3) is 2.31. The number of para-hydroxylation sites is 1. The van der Waals surface area contributed by atoms with Gasteiger partial charge in [0.15, 0.2) is 5.82 Å². The number of alkyl halides is 3. The van der Waals surface area contributed by atoms with Gasteiger partial charge in [0.2, 0.25) is 11.7 Å². The van der Waals surface area contributed by atoms with Crippen molar-refractivity contribution in [2.24, 2.45) is 0 Å². The Hall–Kier alpha value is -2.58. The molecule has 0 fully saturated rings. The van der Waals surface area contributed by atoms with Gasteiger partial charge in [-0.05, 0) is 6.07 Å². The second-order valence-electron chi connectivity index (χ2n) is 5.75. The monoisotopic (exact) mass is 338 g/mol. The van der Waals surface area contributed by atoms with Gasteiger partial charge in [-0.15, -0.1) is 10.2 Å². The van der Waals surface area contributed by atoms with Crippen LogP contribution < -0.4 is 4.74 Å². The molecule has 126 valence electrons. The van der Waals surface area contributed by atoms with Crippen LogP contribution in [-0.2, 0) is 24.1 Å². The summed E-state index contributed by atoms with van der Waals surface area (Å²) in [7, 11) is 0. The average molecular weight is 338 g/mol. The maximum Gasteiger partial charge on any atom is 0.451 e. The molecule has 0 radical (unpaired) electrons. The summed E-state index contributed by atoms with van der Waals surface area (Å²) in [6.07, 6.45) is -4.55. The third-order valence-corrected chi connectivity index (χ3v) is 4.32. The Bertz CT molecular complexity index is 802. The normalized spacial score (nSPS) is 19.6. The second kappa shape index (κ2) is 5.22. The number of nitrogens with zero attached hydrogens (tertiary/aromatic N) is 4. The Labute approximate surface area is 134 Å². The largest absolute Gasteiger partial charge is 0.492 e. The Morgan fingerprint density at radius 3 is 2.79 bits per heavy atom. The number of benzene rings is 1. The lowest BCUT2D eigenvalue weighted by Gasteiger charge is -2.29. The molecule has 1 aromatic carbocycles. The third-order valence-electron chi connectivity index (χ3n) is 4.32. The fourth-order valence-corrected chi connectivity index (χ4v) is 3.14. The molecule has 1 atom stereocenters. The van der Waals surface area contributed by atoms with Crippen molar-refractivity contribution in [1.29, 1.82) is 0 Å². The number of aromatic nitrogens is 3. The van der Waals surface area contributed by atoms with Gasteiger partial charge in [0, 0.05) is 18.7 Å². The van der Waals surface area contributed by atoms with Crippen LogP contribution in [0.4, 0.5) is 13.2 Å². The van der Waals surface area contributed by atoms with Gasteiger partial charge < -0.3 is 14.2 Å². The average Bonchev–Trinajstić information content (AvgIpc) is 3.17. The topological polar surface area (TPSA) is 60.2 Å². The Morgan fingerprint density at radius 2 is 2.00 bits per heavy atom. The second-order valence-corrected chi connectivity index (χ2v) is 5.75.